The Labute approximate surface area is 191 Å². The molecule has 0 aliphatic carbocycles. The first-order chi connectivity index (χ1) is 12.9. The van der Waals surface area contributed by atoms with Gasteiger partial charge in [0.1, 0.15) is 0 Å². The van der Waals surface area contributed by atoms with Crippen LogP contribution >= 0.6 is 29.6 Å². The molecule has 4 rings (SSSR count). The maximum absolute atomic E-state index is 2.17. The van der Waals surface area contributed by atoms with E-state index in [0.717, 1.165) is 17.2 Å². The predicted molar refractivity (Wildman–Crippen MR) is 128 cm³/mol. The molecule has 4 aromatic rings. The Bertz CT molecular complexity index is 721. The van der Waals surface area contributed by atoms with Gasteiger partial charge in [0.2, 0.25) is 0 Å². The summed E-state index contributed by atoms with van der Waals surface area (Å²) in [5.41, 5.74) is 0. The molecule has 0 spiro atoms. The second kappa shape index (κ2) is 14.7. The molecule has 146 valence electrons. The van der Waals surface area contributed by atoms with Gasteiger partial charge in [-0.3, -0.25) is 0 Å². The average Bonchev–Trinajstić information content (AvgIpc) is 2.72. The van der Waals surface area contributed by atoms with Gasteiger partial charge >= 0.3 is 0 Å². The summed E-state index contributed by atoms with van der Waals surface area (Å²) in [6, 6.07) is 42.3. The van der Waals surface area contributed by atoms with Crippen LogP contribution in [-0.4, -0.2) is 0 Å². The Morgan fingerprint density at radius 2 is 0.500 bits per heavy atom. The van der Waals surface area contributed by atoms with E-state index in [1.165, 1.54) is 21.2 Å². The van der Waals surface area contributed by atoms with E-state index in [9.17, 15) is 0 Å². The number of benzene rings is 4. The smallest absolute Gasteiger partial charge is 0 e. The van der Waals surface area contributed by atoms with Crippen molar-refractivity contribution in [2.75, 3.05) is 0 Å². The molecular weight excluding hydrogens is 492 g/mol. The van der Waals surface area contributed by atoms with Crippen LogP contribution in [0.5, 0.6) is 0 Å². The minimum Gasteiger partial charge on any atom is -0.147 e. The van der Waals surface area contributed by atoms with E-state index < -0.39 is 0 Å². The maximum Gasteiger partial charge on any atom is 0 e. The first-order valence-electron chi connectivity index (χ1n) is 8.64. The van der Waals surface area contributed by atoms with Gasteiger partial charge in [-0.2, -0.15) is 0 Å². The van der Waals surface area contributed by atoms with E-state index in [1.807, 2.05) is 0 Å². The zero-order chi connectivity index (χ0) is 17.9. The van der Waals surface area contributed by atoms with Gasteiger partial charge < -0.3 is 0 Å². The van der Waals surface area contributed by atoms with Crippen molar-refractivity contribution in [2.24, 2.45) is 0 Å². The molecule has 0 amide bonds. The Balaban J connectivity index is 0.000000261. The van der Waals surface area contributed by atoms with E-state index in [2.05, 4.69) is 121 Å². The zero-order valence-corrected chi connectivity index (χ0v) is 19.6. The molecular formula is C24H23ClP2Pd. The van der Waals surface area contributed by atoms with Crippen molar-refractivity contribution in [3.05, 3.63) is 121 Å². The van der Waals surface area contributed by atoms with Crippen LogP contribution in [-0.2, 0) is 20.4 Å². The predicted octanol–water partition coefficient (Wildman–Crippen LogP) is 5.05. The van der Waals surface area contributed by atoms with Crippen LogP contribution < -0.4 is 21.2 Å². The summed E-state index contributed by atoms with van der Waals surface area (Å²) in [5, 5.41) is 5.59. The Morgan fingerprint density at radius 1 is 0.321 bits per heavy atom. The first kappa shape index (κ1) is 24.7. The van der Waals surface area contributed by atoms with Crippen LogP contribution in [0.3, 0.4) is 0 Å². The van der Waals surface area contributed by atoms with Crippen molar-refractivity contribution in [3.8, 4) is 0 Å². The molecule has 0 saturated carbocycles. The summed E-state index contributed by atoms with van der Waals surface area (Å²) in [7, 11) is 1.55. The van der Waals surface area contributed by atoms with Gasteiger partial charge in [-0.25, -0.2) is 0 Å². The third-order valence-electron chi connectivity index (χ3n) is 3.67. The van der Waals surface area contributed by atoms with E-state index in [0.29, 0.717) is 0 Å². The number of hydrogen-bond donors (Lipinski definition) is 0. The molecule has 0 aromatic heterocycles. The van der Waals surface area contributed by atoms with E-state index in [4.69, 9.17) is 0 Å². The van der Waals surface area contributed by atoms with Gasteiger partial charge in [0.25, 0.3) is 0 Å². The molecule has 0 bridgehead atoms. The standard InChI is InChI=1S/2C12H11P.ClH.Pd/c2*1-3-7-11(8-4-1)13-12-9-5-2-6-10-12;;/h2*1-10,13H;1H;. The SMILES string of the molecule is Cl.[Pd].c1ccc(Pc2ccccc2)cc1.c1ccc(Pc2ccccc2)cc1. The zero-order valence-electron chi connectivity index (χ0n) is 15.3. The molecule has 0 nitrogen and oxygen atoms in total. The molecule has 0 heterocycles. The normalized spacial score (nSPS) is 9.14. The fourth-order valence-electron chi connectivity index (χ4n) is 2.42. The second-order valence-corrected chi connectivity index (χ2v) is 8.52. The third kappa shape index (κ3) is 9.26. The largest absolute Gasteiger partial charge is 0.147 e. The Kier molecular flexibility index (Phi) is 12.9. The van der Waals surface area contributed by atoms with Crippen LogP contribution in [0, 0.1) is 0 Å². The van der Waals surface area contributed by atoms with Gasteiger partial charge in [0, 0.05) is 20.4 Å². The Morgan fingerprint density at radius 3 is 0.679 bits per heavy atom. The molecule has 0 unspecified atom stereocenters. The molecule has 0 aliphatic rings. The van der Waals surface area contributed by atoms with Crippen molar-refractivity contribution in [1.29, 1.82) is 0 Å². The van der Waals surface area contributed by atoms with Gasteiger partial charge in [-0.15, -0.1) is 12.4 Å². The van der Waals surface area contributed by atoms with Gasteiger partial charge in [0.15, 0.2) is 0 Å². The number of hydrogen-bond acceptors (Lipinski definition) is 0. The molecule has 28 heavy (non-hydrogen) atoms. The average molecular weight is 515 g/mol. The van der Waals surface area contributed by atoms with Gasteiger partial charge in [-0.05, 0) is 21.2 Å². The molecule has 0 N–H and O–H groups in total. The monoisotopic (exact) mass is 514 g/mol. The van der Waals surface area contributed by atoms with E-state index in [1.54, 1.807) is 0 Å². The summed E-state index contributed by atoms with van der Waals surface area (Å²) < 4.78 is 0. The molecule has 0 atom stereocenters. The molecule has 4 aromatic carbocycles. The quantitative estimate of drug-likeness (QED) is 0.264. The van der Waals surface area contributed by atoms with Crippen molar-refractivity contribution >= 4 is 50.8 Å². The van der Waals surface area contributed by atoms with E-state index in [-0.39, 0.29) is 32.8 Å². The topological polar surface area (TPSA) is 0 Å². The maximum atomic E-state index is 2.17. The van der Waals surface area contributed by atoms with Crippen LogP contribution in [0.25, 0.3) is 0 Å². The molecule has 0 saturated heterocycles. The second-order valence-electron chi connectivity index (χ2n) is 5.71. The van der Waals surface area contributed by atoms with Crippen molar-refractivity contribution in [1.82, 2.24) is 0 Å². The number of rotatable bonds is 4. The molecule has 4 heteroatoms. The van der Waals surface area contributed by atoms with Gasteiger partial charge in [-0.1, -0.05) is 138 Å². The van der Waals surface area contributed by atoms with Crippen molar-refractivity contribution < 1.29 is 20.4 Å². The minimum absolute atomic E-state index is 0. The van der Waals surface area contributed by atoms with Crippen molar-refractivity contribution in [2.45, 2.75) is 0 Å². The minimum atomic E-state index is 0. The first-order valence-corrected chi connectivity index (χ1v) is 10.6. The fourth-order valence-corrected chi connectivity index (χ4v) is 4.52. The molecule has 0 aliphatic heterocycles. The Hall–Kier alpha value is -1.31. The fraction of sp³-hybridized carbons (Fsp3) is 0. The van der Waals surface area contributed by atoms with Crippen LogP contribution in [0.2, 0.25) is 0 Å². The molecule has 0 fully saturated rings. The van der Waals surface area contributed by atoms with E-state index >= 15 is 0 Å². The summed E-state index contributed by atoms with van der Waals surface area (Å²) in [6.07, 6.45) is 0. The summed E-state index contributed by atoms with van der Waals surface area (Å²) in [6.45, 7) is 0. The van der Waals surface area contributed by atoms with Crippen molar-refractivity contribution in [3.63, 3.8) is 0 Å². The van der Waals surface area contributed by atoms with Crippen LogP contribution in [0.4, 0.5) is 0 Å². The van der Waals surface area contributed by atoms with Crippen LogP contribution in [0.1, 0.15) is 0 Å². The summed E-state index contributed by atoms with van der Waals surface area (Å²) in [4.78, 5) is 0. The van der Waals surface area contributed by atoms with Gasteiger partial charge in [0.05, 0.1) is 0 Å². The summed E-state index contributed by atoms with van der Waals surface area (Å²) >= 11 is 0. The summed E-state index contributed by atoms with van der Waals surface area (Å²) in [5.74, 6) is 0. The number of halogens is 1. The van der Waals surface area contributed by atoms with Crippen LogP contribution in [0.15, 0.2) is 121 Å². The third-order valence-corrected chi connectivity index (χ3v) is 6.16. The molecule has 0 radical (unpaired) electrons.